The number of pyridine rings is 1. The third kappa shape index (κ3) is 2.42. The summed E-state index contributed by atoms with van der Waals surface area (Å²) >= 11 is 1.42. The number of rotatable bonds is 2. The number of fused-ring (bicyclic) bond motifs is 1. The van der Waals surface area contributed by atoms with E-state index in [0.29, 0.717) is 5.82 Å². The lowest BCUT2D eigenvalue weighted by molar-refractivity contribution is -0.141. The zero-order valence-corrected chi connectivity index (χ0v) is 10.7. The Balaban J connectivity index is 1.97. The fraction of sp³-hybridized carbons (Fsp3) is 0.0833. The van der Waals surface area contributed by atoms with E-state index in [9.17, 15) is 13.2 Å². The third-order valence-electron chi connectivity index (χ3n) is 2.56. The molecule has 102 valence electrons. The van der Waals surface area contributed by atoms with Gasteiger partial charge in [-0.3, -0.25) is 4.98 Å². The molecule has 3 rings (SSSR count). The summed E-state index contributed by atoms with van der Waals surface area (Å²) in [5.41, 5.74) is 0.0808. The Kier molecular flexibility index (Phi) is 3.01. The Morgan fingerprint density at radius 1 is 1.10 bits per heavy atom. The van der Waals surface area contributed by atoms with Crippen LogP contribution in [0.3, 0.4) is 0 Å². The normalized spacial score (nSPS) is 11.8. The summed E-state index contributed by atoms with van der Waals surface area (Å²) in [4.78, 5) is 11.4. The topological polar surface area (TPSA) is 50.7 Å². The van der Waals surface area contributed by atoms with Crippen molar-refractivity contribution in [3.8, 4) is 0 Å². The number of nitrogens with zero attached hydrogens (tertiary/aromatic N) is 3. The van der Waals surface area contributed by atoms with Crippen molar-refractivity contribution in [1.29, 1.82) is 0 Å². The second kappa shape index (κ2) is 4.71. The molecule has 0 aliphatic rings. The van der Waals surface area contributed by atoms with E-state index in [2.05, 4.69) is 20.3 Å². The van der Waals surface area contributed by atoms with Gasteiger partial charge in [0, 0.05) is 11.9 Å². The summed E-state index contributed by atoms with van der Waals surface area (Å²) in [6.07, 6.45) is -2.00. The van der Waals surface area contributed by atoms with Gasteiger partial charge < -0.3 is 5.32 Å². The molecule has 8 heteroatoms. The van der Waals surface area contributed by atoms with Crippen LogP contribution in [0.5, 0.6) is 0 Å². The predicted molar refractivity (Wildman–Crippen MR) is 69.9 cm³/mol. The molecule has 0 saturated heterocycles. The second-order valence-corrected chi connectivity index (χ2v) is 4.83. The van der Waals surface area contributed by atoms with Gasteiger partial charge in [-0.2, -0.15) is 13.2 Å². The van der Waals surface area contributed by atoms with Crippen LogP contribution >= 0.6 is 11.3 Å². The first-order chi connectivity index (χ1) is 9.54. The Morgan fingerprint density at radius 3 is 2.75 bits per heavy atom. The number of hydrogen-bond donors (Lipinski definition) is 1. The lowest BCUT2D eigenvalue weighted by Crippen LogP contribution is -2.08. The Morgan fingerprint density at radius 2 is 1.95 bits per heavy atom. The number of anilines is 2. The van der Waals surface area contributed by atoms with Gasteiger partial charge in [0.25, 0.3) is 0 Å². The van der Waals surface area contributed by atoms with E-state index in [1.165, 1.54) is 23.7 Å². The van der Waals surface area contributed by atoms with Crippen LogP contribution < -0.4 is 5.32 Å². The molecule has 0 bridgehead atoms. The minimum atomic E-state index is -4.47. The first-order valence-electron chi connectivity index (χ1n) is 5.52. The largest absolute Gasteiger partial charge is 0.433 e. The molecular weight excluding hydrogens is 289 g/mol. The average molecular weight is 296 g/mol. The monoisotopic (exact) mass is 296 g/mol. The SMILES string of the molecule is FC(F)(F)c1cc(Nc2ncnc3ccsc23)ccn1. The van der Waals surface area contributed by atoms with Crippen LogP contribution in [0.25, 0.3) is 10.2 Å². The molecule has 0 fully saturated rings. The summed E-state index contributed by atoms with van der Waals surface area (Å²) in [6, 6.07) is 4.22. The Hall–Kier alpha value is -2.22. The minimum absolute atomic E-state index is 0.278. The molecule has 0 aliphatic heterocycles. The molecule has 4 nitrogen and oxygen atoms in total. The Bertz CT molecular complexity index is 754. The summed E-state index contributed by atoms with van der Waals surface area (Å²) in [5, 5.41) is 4.71. The standard InChI is InChI=1S/C12H7F3N4S/c13-12(14,15)9-5-7(1-3-16-9)19-11-10-8(2-4-20-10)17-6-18-11/h1-6H,(H,16,17,18,19). The van der Waals surface area contributed by atoms with Crippen LogP contribution in [-0.4, -0.2) is 15.0 Å². The van der Waals surface area contributed by atoms with E-state index < -0.39 is 11.9 Å². The van der Waals surface area contributed by atoms with E-state index >= 15 is 0 Å². The van der Waals surface area contributed by atoms with Gasteiger partial charge in [0.05, 0.1) is 10.2 Å². The van der Waals surface area contributed by atoms with Crippen molar-refractivity contribution in [1.82, 2.24) is 15.0 Å². The molecule has 0 atom stereocenters. The van der Waals surface area contributed by atoms with Crippen molar-refractivity contribution >= 4 is 33.1 Å². The summed E-state index contributed by atoms with van der Waals surface area (Å²) in [5.74, 6) is 0.476. The van der Waals surface area contributed by atoms with Crippen LogP contribution in [0.15, 0.2) is 36.1 Å². The van der Waals surface area contributed by atoms with Gasteiger partial charge in [0.1, 0.15) is 12.0 Å². The number of thiophene rings is 1. The zero-order chi connectivity index (χ0) is 14.2. The van der Waals surface area contributed by atoms with Crippen molar-refractivity contribution in [3.05, 3.63) is 41.8 Å². The molecule has 3 heterocycles. The highest BCUT2D eigenvalue weighted by Gasteiger charge is 2.32. The molecule has 1 N–H and O–H groups in total. The van der Waals surface area contributed by atoms with E-state index in [1.807, 2.05) is 11.4 Å². The maximum Gasteiger partial charge on any atom is 0.433 e. The van der Waals surface area contributed by atoms with Crippen LogP contribution in [0.2, 0.25) is 0 Å². The maximum atomic E-state index is 12.6. The molecule has 0 aromatic carbocycles. The number of hydrogen-bond acceptors (Lipinski definition) is 5. The van der Waals surface area contributed by atoms with E-state index in [0.717, 1.165) is 22.5 Å². The number of halogens is 3. The average Bonchev–Trinajstić information content (AvgIpc) is 2.87. The van der Waals surface area contributed by atoms with E-state index in [4.69, 9.17) is 0 Å². The molecule has 0 unspecified atom stereocenters. The third-order valence-corrected chi connectivity index (χ3v) is 3.47. The van der Waals surface area contributed by atoms with Crippen molar-refractivity contribution in [3.63, 3.8) is 0 Å². The second-order valence-electron chi connectivity index (χ2n) is 3.91. The van der Waals surface area contributed by atoms with Crippen LogP contribution in [-0.2, 0) is 6.18 Å². The van der Waals surface area contributed by atoms with Gasteiger partial charge in [0.2, 0.25) is 0 Å². The molecule has 0 amide bonds. The van der Waals surface area contributed by atoms with Gasteiger partial charge in [-0.1, -0.05) is 0 Å². The Labute approximate surface area is 115 Å². The molecule has 0 spiro atoms. The maximum absolute atomic E-state index is 12.6. The summed E-state index contributed by atoms with van der Waals surface area (Å²) < 4.78 is 38.6. The fourth-order valence-corrected chi connectivity index (χ4v) is 2.47. The minimum Gasteiger partial charge on any atom is -0.339 e. The number of alkyl halides is 3. The first-order valence-corrected chi connectivity index (χ1v) is 6.40. The lowest BCUT2D eigenvalue weighted by Gasteiger charge is -2.09. The van der Waals surface area contributed by atoms with Crippen LogP contribution in [0, 0.1) is 0 Å². The molecule has 0 aliphatic carbocycles. The molecule has 3 aromatic heterocycles. The lowest BCUT2D eigenvalue weighted by atomic mass is 10.3. The quantitative estimate of drug-likeness (QED) is 0.780. The van der Waals surface area contributed by atoms with Crippen molar-refractivity contribution in [2.24, 2.45) is 0 Å². The first kappa shape index (κ1) is 12.8. The number of nitrogens with one attached hydrogen (secondary N) is 1. The van der Waals surface area contributed by atoms with Gasteiger partial charge >= 0.3 is 6.18 Å². The molecule has 3 aromatic rings. The smallest absolute Gasteiger partial charge is 0.339 e. The molecule has 0 saturated carbocycles. The van der Waals surface area contributed by atoms with Crippen LogP contribution in [0.4, 0.5) is 24.7 Å². The fourth-order valence-electron chi connectivity index (χ4n) is 1.68. The number of aromatic nitrogens is 3. The predicted octanol–water partition coefficient (Wildman–Crippen LogP) is 3.85. The van der Waals surface area contributed by atoms with E-state index in [1.54, 1.807) is 0 Å². The summed E-state index contributed by atoms with van der Waals surface area (Å²) in [7, 11) is 0. The van der Waals surface area contributed by atoms with Crippen molar-refractivity contribution in [2.45, 2.75) is 6.18 Å². The van der Waals surface area contributed by atoms with Gasteiger partial charge in [0.15, 0.2) is 5.82 Å². The molecule has 20 heavy (non-hydrogen) atoms. The highest BCUT2D eigenvalue weighted by Crippen LogP contribution is 2.31. The van der Waals surface area contributed by atoms with Gasteiger partial charge in [-0.15, -0.1) is 11.3 Å². The van der Waals surface area contributed by atoms with Crippen molar-refractivity contribution < 1.29 is 13.2 Å². The highest BCUT2D eigenvalue weighted by molar-refractivity contribution is 7.17. The summed E-state index contributed by atoms with van der Waals surface area (Å²) in [6.45, 7) is 0. The van der Waals surface area contributed by atoms with Crippen molar-refractivity contribution in [2.75, 3.05) is 5.32 Å². The zero-order valence-electron chi connectivity index (χ0n) is 9.85. The molecular formula is C12H7F3N4S. The molecule has 0 radical (unpaired) electrons. The van der Waals surface area contributed by atoms with E-state index in [-0.39, 0.29) is 5.69 Å². The van der Waals surface area contributed by atoms with Gasteiger partial charge in [-0.05, 0) is 23.6 Å². The van der Waals surface area contributed by atoms with Gasteiger partial charge in [-0.25, -0.2) is 9.97 Å². The van der Waals surface area contributed by atoms with Crippen LogP contribution in [0.1, 0.15) is 5.69 Å². The highest BCUT2D eigenvalue weighted by atomic mass is 32.1.